The number of thioether (sulfide) groups is 1. The van der Waals surface area contributed by atoms with E-state index in [1.165, 1.54) is 16.8 Å². The number of hydrazone groups is 1. The van der Waals surface area contributed by atoms with Crippen LogP contribution in [0.2, 0.25) is 10.0 Å². The molecule has 0 unspecified atom stereocenters. The summed E-state index contributed by atoms with van der Waals surface area (Å²) >= 11 is 13.6. The number of aryl methyl sites for hydroxylation is 1. The van der Waals surface area contributed by atoms with Gasteiger partial charge in [-0.05, 0) is 74.4 Å². The molecule has 1 N–H and O–H groups in total. The normalized spacial score (nSPS) is 18.9. The van der Waals surface area contributed by atoms with Gasteiger partial charge in [-0.3, -0.25) is 15.0 Å². The second-order valence-corrected chi connectivity index (χ2v) is 10.4. The molecule has 35 heavy (non-hydrogen) atoms. The maximum absolute atomic E-state index is 12.8. The molecule has 180 valence electrons. The molecular formula is C24H22Cl2N6O2S. The van der Waals surface area contributed by atoms with Crippen molar-refractivity contribution in [2.24, 2.45) is 10.1 Å². The van der Waals surface area contributed by atoms with E-state index in [1.54, 1.807) is 18.2 Å². The molecule has 0 radical (unpaired) electrons. The van der Waals surface area contributed by atoms with Crippen LogP contribution in [-0.2, 0) is 9.59 Å². The third-order valence-electron chi connectivity index (χ3n) is 6.18. The minimum atomic E-state index is -0.509. The summed E-state index contributed by atoms with van der Waals surface area (Å²) in [5.41, 5.74) is 3.43. The average molecular weight is 529 g/mol. The largest absolute Gasteiger partial charge is 0.342 e. The van der Waals surface area contributed by atoms with Crippen LogP contribution in [0.4, 0.5) is 0 Å². The highest BCUT2D eigenvalue weighted by atomic mass is 35.5. The Morgan fingerprint density at radius 2 is 1.94 bits per heavy atom. The SMILES string of the molecule is Cc1cc(/C=C2/C(=N)N3N=C(CC(=O)N4CCCC4)SC3=NC2=O)c(C)n1-c1ccc(Cl)cc1Cl. The lowest BCUT2D eigenvalue weighted by molar-refractivity contribution is -0.128. The standard InChI is InChI=1S/C24H22Cl2N6O2S/c1-13-9-15(14(2)31(13)19-6-5-16(25)11-18(19)26)10-17-22(27)32-24(28-23(17)34)35-20(29-32)12-21(33)30-7-3-4-8-30/h5-6,9-11,27H,3-4,7-8,12H2,1-2H3/b17-10-,27-22?. The van der Waals surface area contributed by atoms with E-state index in [0.717, 1.165) is 48.6 Å². The molecule has 0 bridgehead atoms. The van der Waals surface area contributed by atoms with Crippen molar-refractivity contribution in [3.63, 3.8) is 0 Å². The zero-order valence-corrected chi connectivity index (χ0v) is 21.5. The number of carbonyl (C=O) groups excluding carboxylic acids is 2. The Morgan fingerprint density at radius 1 is 1.20 bits per heavy atom. The third-order valence-corrected chi connectivity index (χ3v) is 7.62. The van der Waals surface area contributed by atoms with E-state index in [2.05, 4.69) is 10.1 Å². The number of aromatic nitrogens is 1. The number of rotatable bonds is 4. The molecule has 0 spiro atoms. The number of amides is 2. The number of hydrogen-bond donors (Lipinski definition) is 1. The maximum Gasteiger partial charge on any atom is 0.283 e. The third kappa shape index (κ3) is 4.44. The number of amidine groups is 2. The number of halogens is 2. The van der Waals surface area contributed by atoms with E-state index in [1.807, 2.05) is 35.4 Å². The van der Waals surface area contributed by atoms with Crippen molar-refractivity contribution in [1.29, 1.82) is 5.41 Å². The van der Waals surface area contributed by atoms with E-state index < -0.39 is 5.91 Å². The molecule has 1 aromatic carbocycles. The van der Waals surface area contributed by atoms with E-state index in [9.17, 15) is 9.59 Å². The lowest BCUT2D eigenvalue weighted by Gasteiger charge is -2.20. The highest BCUT2D eigenvalue weighted by Crippen LogP contribution is 2.32. The molecule has 11 heteroatoms. The molecule has 5 rings (SSSR count). The number of likely N-dealkylation sites (tertiary alicyclic amines) is 1. The maximum atomic E-state index is 12.8. The fraction of sp³-hybridized carbons (Fsp3) is 0.292. The molecule has 2 amide bonds. The van der Waals surface area contributed by atoms with Gasteiger partial charge in [-0.15, -0.1) is 0 Å². The fourth-order valence-corrected chi connectivity index (χ4v) is 5.80. The predicted molar refractivity (Wildman–Crippen MR) is 141 cm³/mol. The lowest BCUT2D eigenvalue weighted by Crippen LogP contribution is -2.35. The van der Waals surface area contributed by atoms with Crippen molar-refractivity contribution in [3.8, 4) is 5.69 Å². The van der Waals surface area contributed by atoms with Crippen molar-refractivity contribution in [2.75, 3.05) is 13.1 Å². The van der Waals surface area contributed by atoms with E-state index in [-0.39, 0.29) is 23.7 Å². The van der Waals surface area contributed by atoms with Crippen LogP contribution in [0.15, 0.2) is 39.9 Å². The van der Waals surface area contributed by atoms with Gasteiger partial charge in [0.2, 0.25) is 11.1 Å². The highest BCUT2D eigenvalue weighted by molar-refractivity contribution is 8.27. The second-order valence-electron chi connectivity index (χ2n) is 8.54. The zero-order valence-electron chi connectivity index (χ0n) is 19.1. The monoisotopic (exact) mass is 528 g/mol. The van der Waals surface area contributed by atoms with Crippen LogP contribution >= 0.6 is 35.0 Å². The average Bonchev–Trinajstić information content (AvgIpc) is 3.52. The number of carbonyl (C=O) groups is 2. The molecule has 0 aliphatic carbocycles. The molecular weight excluding hydrogens is 507 g/mol. The molecule has 8 nitrogen and oxygen atoms in total. The van der Waals surface area contributed by atoms with Gasteiger partial charge < -0.3 is 9.47 Å². The highest BCUT2D eigenvalue weighted by Gasteiger charge is 2.36. The van der Waals surface area contributed by atoms with Gasteiger partial charge in [-0.1, -0.05) is 23.2 Å². The first-order valence-electron chi connectivity index (χ1n) is 11.1. The van der Waals surface area contributed by atoms with E-state index >= 15 is 0 Å². The summed E-state index contributed by atoms with van der Waals surface area (Å²) in [7, 11) is 0. The van der Waals surface area contributed by atoms with E-state index in [0.29, 0.717) is 20.3 Å². The van der Waals surface area contributed by atoms with Crippen molar-refractivity contribution in [3.05, 3.63) is 56.8 Å². The number of aliphatic imine (C=N–C) groups is 1. The number of nitrogens with one attached hydrogen (secondary N) is 1. The molecule has 1 saturated heterocycles. The Bertz CT molecular complexity index is 1370. The first-order valence-corrected chi connectivity index (χ1v) is 12.7. The Kier molecular flexibility index (Phi) is 6.33. The summed E-state index contributed by atoms with van der Waals surface area (Å²) in [6.07, 6.45) is 3.83. The van der Waals surface area contributed by atoms with E-state index in [4.69, 9.17) is 28.6 Å². The smallest absolute Gasteiger partial charge is 0.283 e. The first kappa shape index (κ1) is 23.8. The van der Waals surface area contributed by atoms with Crippen LogP contribution in [0.3, 0.4) is 0 Å². The van der Waals surface area contributed by atoms with Gasteiger partial charge in [-0.25, -0.2) is 0 Å². The number of fused-ring (bicyclic) bond motifs is 1. The van der Waals surface area contributed by atoms with Crippen LogP contribution in [0, 0.1) is 19.3 Å². The van der Waals surface area contributed by atoms with Gasteiger partial charge in [0, 0.05) is 29.5 Å². The predicted octanol–water partition coefficient (Wildman–Crippen LogP) is 5.03. The van der Waals surface area contributed by atoms with Crippen LogP contribution in [0.25, 0.3) is 11.8 Å². The molecule has 4 heterocycles. The number of nitrogens with zero attached hydrogens (tertiary/aromatic N) is 5. The second kappa shape index (κ2) is 9.29. The molecule has 3 aliphatic rings. The first-order chi connectivity index (χ1) is 16.7. The minimum absolute atomic E-state index is 0.0103. The number of hydrogen-bond acceptors (Lipinski definition) is 5. The summed E-state index contributed by atoms with van der Waals surface area (Å²) in [5.74, 6) is -0.563. The van der Waals surface area contributed by atoms with Gasteiger partial charge in [0.25, 0.3) is 5.91 Å². The number of benzene rings is 1. The van der Waals surface area contributed by atoms with Gasteiger partial charge in [-0.2, -0.15) is 15.1 Å². The Balaban J connectivity index is 1.43. The summed E-state index contributed by atoms with van der Waals surface area (Å²) in [4.78, 5) is 31.3. The summed E-state index contributed by atoms with van der Waals surface area (Å²) in [5, 5.41) is 16.3. The zero-order chi connectivity index (χ0) is 24.9. The van der Waals surface area contributed by atoms with Gasteiger partial charge >= 0.3 is 0 Å². The van der Waals surface area contributed by atoms with Crippen LogP contribution in [-0.4, -0.2) is 55.4 Å². The van der Waals surface area contributed by atoms with Gasteiger partial charge in [0.15, 0.2) is 5.84 Å². The summed E-state index contributed by atoms with van der Waals surface area (Å²) in [6, 6.07) is 7.22. The summed E-state index contributed by atoms with van der Waals surface area (Å²) < 4.78 is 1.97. The van der Waals surface area contributed by atoms with Crippen molar-refractivity contribution in [1.82, 2.24) is 14.5 Å². The van der Waals surface area contributed by atoms with Gasteiger partial charge in [0.1, 0.15) is 5.04 Å². The Morgan fingerprint density at radius 3 is 2.66 bits per heavy atom. The molecule has 1 fully saturated rings. The molecule has 0 saturated carbocycles. The van der Waals surface area contributed by atoms with Crippen molar-refractivity contribution >= 4 is 68.9 Å². The topological polar surface area (TPSA) is 94.1 Å². The van der Waals surface area contributed by atoms with Crippen LogP contribution in [0.5, 0.6) is 0 Å². The van der Waals surface area contributed by atoms with Gasteiger partial charge in [0.05, 0.1) is 22.7 Å². The Hall–Kier alpha value is -2.88. The quantitative estimate of drug-likeness (QED) is 0.562. The fourth-order valence-electron chi connectivity index (χ4n) is 4.43. The van der Waals surface area contributed by atoms with Crippen molar-refractivity contribution < 1.29 is 9.59 Å². The molecule has 1 aromatic heterocycles. The lowest BCUT2D eigenvalue weighted by atomic mass is 10.1. The minimum Gasteiger partial charge on any atom is -0.342 e. The molecule has 0 atom stereocenters. The molecule has 2 aromatic rings. The molecule has 3 aliphatic heterocycles. The summed E-state index contributed by atoms with van der Waals surface area (Å²) in [6.45, 7) is 5.39. The van der Waals surface area contributed by atoms with Crippen LogP contribution < -0.4 is 0 Å². The van der Waals surface area contributed by atoms with Crippen LogP contribution in [0.1, 0.15) is 36.2 Å². The Labute approximate surface area is 216 Å². The van der Waals surface area contributed by atoms with Crippen molar-refractivity contribution in [2.45, 2.75) is 33.1 Å².